The first-order chi connectivity index (χ1) is 9.63. The Hall–Kier alpha value is -1.10. The van der Waals surface area contributed by atoms with Gasteiger partial charge in [-0.1, -0.05) is 19.8 Å². The molecule has 1 heterocycles. The predicted molar refractivity (Wildman–Crippen MR) is 76.5 cm³/mol. The number of piperidine rings is 1. The SMILES string of the molecule is CCCCCOCC(=O)N1CCCC(CCC(=O)O)C1. The molecule has 0 saturated carbocycles. The summed E-state index contributed by atoms with van der Waals surface area (Å²) in [6, 6.07) is 0. The van der Waals surface area contributed by atoms with Gasteiger partial charge in [0.1, 0.15) is 6.61 Å². The number of carbonyl (C=O) groups is 2. The summed E-state index contributed by atoms with van der Waals surface area (Å²) in [6.45, 7) is 4.41. The number of aliphatic carboxylic acids is 1. The van der Waals surface area contributed by atoms with E-state index in [1.165, 1.54) is 0 Å². The van der Waals surface area contributed by atoms with E-state index in [0.29, 0.717) is 25.5 Å². The van der Waals surface area contributed by atoms with Crippen molar-refractivity contribution >= 4 is 11.9 Å². The molecule has 5 nitrogen and oxygen atoms in total. The molecular formula is C15H27NO4. The Morgan fingerprint density at radius 2 is 2.15 bits per heavy atom. The number of likely N-dealkylation sites (tertiary alicyclic amines) is 1. The van der Waals surface area contributed by atoms with Gasteiger partial charge in [-0.15, -0.1) is 0 Å². The summed E-state index contributed by atoms with van der Waals surface area (Å²) in [5.41, 5.74) is 0. The van der Waals surface area contributed by atoms with Crippen LogP contribution in [0.5, 0.6) is 0 Å². The zero-order valence-electron chi connectivity index (χ0n) is 12.5. The van der Waals surface area contributed by atoms with Crippen LogP contribution in [-0.4, -0.2) is 48.2 Å². The molecule has 1 rings (SSSR count). The molecule has 20 heavy (non-hydrogen) atoms. The van der Waals surface area contributed by atoms with Crippen molar-refractivity contribution in [2.75, 3.05) is 26.3 Å². The fourth-order valence-corrected chi connectivity index (χ4v) is 2.56. The van der Waals surface area contributed by atoms with Gasteiger partial charge in [0.05, 0.1) is 0 Å². The Bertz CT molecular complexity index is 306. The second kappa shape index (κ2) is 9.75. The molecule has 0 aliphatic carbocycles. The second-order valence-electron chi connectivity index (χ2n) is 5.54. The maximum absolute atomic E-state index is 12.0. The third kappa shape index (κ3) is 6.89. The topological polar surface area (TPSA) is 66.8 Å². The van der Waals surface area contributed by atoms with Crippen LogP contribution >= 0.6 is 0 Å². The predicted octanol–water partition coefficient (Wildman–Crippen LogP) is 2.30. The highest BCUT2D eigenvalue weighted by atomic mass is 16.5. The monoisotopic (exact) mass is 285 g/mol. The molecule has 1 atom stereocenters. The molecule has 1 N–H and O–H groups in total. The summed E-state index contributed by atoms with van der Waals surface area (Å²) < 4.78 is 5.40. The maximum atomic E-state index is 12.0. The highest BCUT2D eigenvalue weighted by Gasteiger charge is 2.23. The molecule has 0 aromatic heterocycles. The van der Waals surface area contributed by atoms with Crippen LogP contribution in [0.1, 0.15) is 51.9 Å². The fourth-order valence-electron chi connectivity index (χ4n) is 2.56. The van der Waals surface area contributed by atoms with Crippen LogP contribution < -0.4 is 0 Å². The zero-order valence-corrected chi connectivity index (χ0v) is 12.5. The van der Waals surface area contributed by atoms with Crippen LogP contribution in [-0.2, 0) is 14.3 Å². The van der Waals surface area contributed by atoms with Crippen LogP contribution in [0.4, 0.5) is 0 Å². The Morgan fingerprint density at radius 3 is 2.85 bits per heavy atom. The quantitative estimate of drug-likeness (QED) is 0.660. The molecule has 1 unspecified atom stereocenters. The van der Waals surface area contributed by atoms with E-state index in [1.54, 1.807) is 0 Å². The fraction of sp³-hybridized carbons (Fsp3) is 0.867. The summed E-state index contributed by atoms with van der Waals surface area (Å²) in [7, 11) is 0. The minimum atomic E-state index is -0.757. The third-order valence-electron chi connectivity index (χ3n) is 3.76. The summed E-state index contributed by atoms with van der Waals surface area (Å²) in [4.78, 5) is 24.4. The van der Waals surface area contributed by atoms with Crippen LogP contribution in [0.2, 0.25) is 0 Å². The van der Waals surface area contributed by atoms with Crippen molar-refractivity contribution in [2.45, 2.75) is 51.9 Å². The number of carboxylic acid groups (broad SMARTS) is 1. The first-order valence-electron chi connectivity index (χ1n) is 7.70. The lowest BCUT2D eigenvalue weighted by atomic mass is 9.93. The van der Waals surface area contributed by atoms with Gasteiger partial charge in [0.15, 0.2) is 0 Å². The second-order valence-corrected chi connectivity index (χ2v) is 5.54. The smallest absolute Gasteiger partial charge is 0.303 e. The van der Waals surface area contributed by atoms with Crippen LogP contribution in [0.15, 0.2) is 0 Å². The summed E-state index contributed by atoms with van der Waals surface area (Å²) >= 11 is 0. The van der Waals surface area contributed by atoms with Crippen molar-refractivity contribution in [2.24, 2.45) is 5.92 Å². The van der Waals surface area contributed by atoms with Gasteiger partial charge in [0.25, 0.3) is 0 Å². The van der Waals surface area contributed by atoms with E-state index in [9.17, 15) is 9.59 Å². The molecular weight excluding hydrogens is 258 g/mol. The van der Waals surface area contributed by atoms with Crippen LogP contribution in [0, 0.1) is 5.92 Å². The van der Waals surface area contributed by atoms with Gasteiger partial charge >= 0.3 is 5.97 Å². The third-order valence-corrected chi connectivity index (χ3v) is 3.76. The molecule has 0 aromatic rings. The van der Waals surface area contributed by atoms with Crippen molar-refractivity contribution in [3.63, 3.8) is 0 Å². The van der Waals surface area contributed by atoms with E-state index < -0.39 is 5.97 Å². The summed E-state index contributed by atoms with van der Waals surface area (Å²) in [6.07, 6.45) is 6.13. The molecule has 0 bridgehead atoms. The summed E-state index contributed by atoms with van der Waals surface area (Å²) in [5.74, 6) is -0.391. The van der Waals surface area contributed by atoms with E-state index >= 15 is 0 Å². The lowest BCUT2D eigenvalue weighted by Crippen LogP contribution is -2.41. The van der Waals surface area contributed by atoms with Crippen LogP contribution in [0.3, 0.4) is 0 Å². The molecule has 0 aromatic carbocycles. The number of carbonyl (C=O) groups excluding carboxylic acids is 1. The van der Waals surface area contributed by atoms with E-state index in [2.05, 4.69) is 6.92 Å². The number of unbranched alkanes of at least 4 members (excludes halogenated alkanes) is 2. The Kier molecular flexibility index (Phi) is 8.26. The van der Waals surface area contributed by atoms with Gasteiger partial charge in [-0.05, 0) is 31.6 Å². The van der Waals surface area contributed by atoms with E-state index in [4.69, 9.17) is 9.84 Å². The van der Waals surface area contributed by atoms with Gasteiger partial charge < -0.3 is 14.7 Å². The van der Waals surface area contributed by atoms with Crippen molar-refractivity contribution in [1.29, 1.82) is 0 Å². The minimum absolute atomic E-state index is 0.0431. The van der Waals surface area contributed by atoms with Gasteiger partial charge in [-0.3, -0.25) is 9.59 Å². The minimum Gasteiger partial charge on any atom is -0.481 e. The normalized spacial score (nSPS) is 19.1. The summed E-state index contributed by atoms with van der Waals surface area (Å²) in [5, 5.41) is 8.71. The highest BCUT2D eigenvalue weighted by Crippen LogP contribution is 2.21. The standard InChI is InChI=1S/C15H27NO4/c1-2-3-4-10-20-12-14(17)16-9-5-6-13(11-16)7-8-15(18)19/h13H,2-12H2,1H3,(H,18,19). The number of hydrogen-bond acceptors (Lipinski definition) is 3. The van der Waals surface area contributed by atoms with Crippen molar-refractivity contribution in [3.05, 3.63) is 0 Å². The average molecular weight is 285 g/mol. The lowest BCUT2D eigenvalue weighted by molar-refractivity contribution is -0.138. The van der Waals surface area contributed by atoms with Gasteiger partial charge in [-0.2, -0.15) is 0 Å². The first-order valence-corrected chi connectivity index (χ1v) is 7.70. The number of amides is 1. The van der Waals surface area contributed by atoms with Crippen LogP contribution in [0.25, 0.3) is 0 Å². The highest BCUT2D eigenvalue weighted by molar-refractivity contribution is 5.77. The van der Waals surface area contributed by atoms with Crippen molar-refractivity contribution < 1.29 is 19.4 Å². The first kappa shape index (κ1) is 17.0. The Morgan fingerprint density at radius 1 is 1.35 bits per heavy atom. The zero-order chi connectivity index (χ0) is 14.8. The van der Waals surface area contributed by atoms with Gasteiger partial charge in [-0.25, -0.2) is 0 Å². The maximum Gasteiger partial charge on any atom is 0.303 e. The van der Waals surface area contributed by atoms with E-state index in [1.807, 2.05) is 4.90 Å². The molecule has 1 aliphatic heterocycles. The number of hydrogen-bond donors (Lipinski definition) is 1. The number of carboxylic acids is 1. The van der Waals surface area contributed by atoms with E-state index in [-0.39, 0.29) is 18.9 Å². The molecule has 5 heteroatoms. The van der Waals surface area contributed by atoms with Crippen molar-refractivity contribution in [1.82, 2.24) is 4.90 Å². The Labute approximate surface area is 121 Å². The molecule has 116 valence electrons. The average Bonchev–Trinajstić information content (AvgIpc) is 2.45. The molecule has 0 spiro atoms. The molecule has 1 fully saturated rings. The molecule has 1 saturated heterocycles. The Balaban J connectivity index is 2.20. The lowest BCUT2D eigenvalue weighted by Gasteiger charge is -2.32. The number of nitrogens with zero attached hydrogens (tertiary/aromatic N) is 1. The number of ether oxygens (including phenoxy) is 1. The largest absolute Gasteiger partial charge is 0.481 e. The molecule has 1 amide bonds. The van der Waals surface area contributed by atoms with Gasteiger partial charge in [0.2, 0.25) is 5.91 Å². The van der Waals surface area contributed by atoms with Gasteiger partial charge in [0, 0.05) is 26.1 Å². The van der Waals surface area contributed by atoms with Crippen molar-refractivity contribution in [3.8, 4) is 0 Å². The molecule has 1 aliphatic rings. The molecule has 0 radical (unpaired) electrons. The van der Waals surface area contributed by atoms with E-state index in [0.717, 1.165) is 38.6 Å². The number of rotatable bonds is 9.